The maximum Gasteiger partial charge on any atom is 0.344 e. The molecule has 8 heteroatoms. The summed E-state index contributed by atoms with van der Waals surface area (Å²) in [7, 11) is 0. The summed E-state index contributed by atoms with van der Waals surface area (Å²) in [6, 6.07) is 13.4. The molecule has 0 radical (unpaired) electrons. The minimum atomic E-state index is -0.490. The van der Waals surface area contributed by atoms with E-state index < -0.39 is 5.97 Å². The number of hydrogen-bond donors (Lipinski definition) is 1. The molecule has 0 saturated carbocycles. The van der Waals surface area contributed by atoms with E-state index in [1.54, 1.807) is 55.5 Å². The molecular weight excluding hydrogens is 396 g/mol. The second kappa shape index (κ2) is 9.25. The fraction of sp³-hybridized carbons (Fsp3) is 0.190. The number of rotatable bonds is 7. The number of nitrogens with one attached hydrogen (secondary N) is 1. The fourth-order valence-corrected chi connectivity index (χ4v) is 2.99. The lowest BCUT2D eigenvalue weighted by Crippen LogP contribution is -2.27. The first-order valence-electron chi connectivity index (χ1n) is 8.94. The Morgan fingerprint density at radius 3 is 2.66 bits per heavy atom. The molecule has 0 atom stereocenters. The number of esters is 1. The Morgan fingerprint density at radius 1 is 1.10 bits per heavy atom. The smallest absolute Gasteiger partial charge is 0.344 e. The first-order chi connectivity index (χ1) is 14.0. The second-order valence-electron chi connectivity index (χ2n) is 6.12. The molecule has 3 rings (SSSR count). The van der Waals surface area contributed by atoms with Crippen molar-refractivity contribution in [2.24, 2.45) is 0 Å². The minimum Gasteiger partial charge on any atom is -0.481 e. The van der Waals surface area contributed by atoms with E-state index in [1.807, 2.05) is 0 Å². The number of hydrogen-bond acceptors (Lipinski definition) is 5. The third kappa shape index (κ3) is 5.14. The Morgan fingerprint density at radius 2 is 1.90 bits per heavy atom. The highest BCUT2D eigenvalue weighted by atomic mass is 35.5. The first-order valence-corrected chi connectivity index (χ1v) is 9.31. The zero-order valence-corrected chi connectivity index (χ0v) is 16.4. The van der Waals surface area contributed by atoms with Gasteiger partial charge in [0.05, 0.1) is 12.0 Å². The van der Waals surface area contributed by atoms with Gasteiger partial charge in [-0.25, -0.2) is 4.79 Å². The van der Waals surface area contributed by atoms with Gasteiger partial charge in [0.25, 0.3) is 5.56 Å². The van der Waals surface area contributed by atoms with Crippen molar-refractivity contribution >= 4 is 39.9 Å². The highest BCUT2D eigenvalue weighted by molar-refractivity contribution is 6.30. The van der Waals surface area contributed by atoms with Crippen LogP contribution in [0, 0.1) is 0 Å². The van der Waals surface area contributed by atoms with Crippen molar-refractivity contribution in [3.63, 3.8) is 0 Å². The molecule has 0 aliphatic heterocycles. The van der Waals surface area contributed by atoms with Crippen LogP contribution in [0.5, 0.6) is 5.75 Å². The number of aromatic nitrogens is 1. The molecule has 7 nitrogen and oxygen atoms in total. The summed E-state index contributed by atoms with van der Waals surface area (Å²) >= 11 is 5.91. The SMILES string of the molecule is CCOC(=O)COc1cccc2c(=O)n(CC(=O)Nc3cccc(Cl)c3)ccc12. The standard InChI is InChI=1S/C21H19ClN2O5/c1-2-28-20(26)13-29-18-8-4-7-17-16(18)9-10-24(21(17)27)12-19(25)23-15-6-3-5-14(22)11-15/h3-11H,2,12-13H2,1H3,(H,23,25). The average Bonchev–Trinajstić information content (AvgIpc) is 2.69. The highest BCUT2D eigenvalue weighted by Crippen LogP contribution is 2.23. The first kappa shape index (κ1) is 20.4. The highest BCUT2D eigenvalue weighted by Gasteiger charge is 2.12. The Labute approximate surface area is 171 Å². The van der Waals surface area contributed by atoms with Crippen LogP contribution in [0.25, 0.3) is 10.8 Å². The predicted molar refractivity (Wildman–Crippen MR) is 110 cm³/mol. The molecule has 0 aliphatic carbocycles. The molecular formula is C21H19ClN2O5. The molecule has 0 spiro atoms. The van der Waals surface area contributed by atoms with Gasteiger partial charge in [-0.15, -0.1) is 0 Å². The summed E-state index contributed by atoms with van der Waals surface area (Å²) in [5.41, 5.74) is 0.205. The number of pyridine rings is 1. The van der Waals surface area contributed by atoms with Gasteiger partial charge in [-0.2, -0.15) is 0 Å². The summed E-state index contributed by atoms with van der Waals surface area (Å²) in [6.07, 6.45) is 1.51. The van der Waals surface area contributed by atoms with Gasteiger partial charge in [-0.1, -0.05) is 23.7 Å². The zero-order valence-electron chi connectivity index (χ0n) is 15.7. The van der Waals surface area contributed by atoms with Crippen LogP contribution in [0.3, 0.4) is 0 Å². The van der Waals surface area contributed by atoms with Crippen molar-refractivity contribution in [2.45, 2.75) is 13.5 Å². The van der Waals surface area contributed by atoms with Crippen LogP contribution in [-0.2, 0) is 20.9 Å². The largest absolute Gasteiger partial charge is 0.481 e. The molecule has 150 valence electrons. The van der Waals surface area contributed by atoms with Gasteiger partial charge in [-0.05, 0) is 43.3 Å². The van der Waals surface area contributed by atoms with E-state index in [2.05, 4.69) is 5.32 Å². The molecule has 29 heavy (non-hydrogen) atoms. The van der Waals surface area contributed by atoms with Crippen molar-refractivity contribution in [3.8, 4) is 5.75 Å². The van der Waals surface area contributed by atoms with Crippen LogP contribution in [0.2, 0.25) is 5.02 Å². The van der Waals surface area contributed by atoms with Gasteiger partial charge in [0.1, 0.15) is 12.3 Å². The number of halogens is 1. The van der Waals surface area contributed by atoms with Gasteiger partial charge in [-0.3, -0.25) is 9.59 Å². The lowest BCUT2D eigenvalue weighted by Gasteiger charge is -2.11. The van der Waals surface area contributed by atoms with Crippen molar-refractivity contribution in [2.75, 3.05) is 18.5 Å². The van der Waals surface area contributed by atoms with Crippen molar-refractivity contribution in [3.05, 3.63) is 70.1 Å². The van der Waals surface area contributed by atoms with Crippen LogP contribution >= 0.6 is 11.6 Å². The van der Waals surface area contributed by atoms with E-state index in [9.17, 15) is 14.4 Å². The lowest BCUT2D eigenvalue weighted by atomic mass is 10.1. The third-order valence-electron chi connectivity index (χ3n) is 4.05. The molecule has 0 aliphatic rings. The van der Waals surface area contributed by atoms with Gasteiger partial charge in [0, 0.05) is 22.3 Å². The zero-order chi connectivity index (χ0) is 20.8. The second-order valence-corrected chi connectivity index (χ2v) is 6.55. The number of benzene rings is 2. The number of anilines is 1. The topological polar surface area (TPSA) is 86.6 Å². The molecule has 0 fully saturated rings. The van der Waals surface area contributed by atoms with Crippen LogP contribution < -0.4 is 15.6 Å². The lowest BCUT2D eigenvalue weighted by molar-refractivity contribution is -0.145. The Hall–Kier alpha value is -3.32. The van der Waals surface area contributed by atoms with E-state index in [0.29, 0.717) is 27.2 Å². The number of carbonyl (C=O) groups is 2. The van der Waals surface area contributed by atoms with Crippen molar-refractivity contribution in [1.29, 1.82) is 0 Å². The van der Waals surface area contributed by atoms with Crippen LogP contribution in [-0.4, -0.2) is 29.7 Å². The number of amides is 1. The minimum absolute atomic E-state index is 0.158. The van der Waals surface area contributed by atoms with Gasteiger partial charge >= 0.3 is 5.97 Å². The molecule has 0 unspecified atom stereocenters. The van der Waals surface area contributed by atoms with E-state index in [4.69, 9.17) is 21.1 Å². The van der Waals surface area contributed by atoms with E-state index >= 15 is 0 Å². The maximum atomic E-state index is 12.8. The number of nitrogens with zero attached hydrogens (tertiary/aromatic N) is 1. The molecule has 2 aromatic carbocycles. The molecule has 0 bridgehead atoms. The van der Waals surface area contributed by atoms with Crippen LogP contribution in [0.1, 0.15) is 6.92 Å². The number of ether oxygens (including phenoxy) is 2. The molecule has 0 saturated heterocycles. The molecule has 1 aromatic heterocycles. The summed E-state index contributed by atoms with van der Waals surface area (Å²) in [5, 5.41) is 4.13. The van der Waals surface area contributed by atoms with E-state index in [-0.39, 0.29) is 31.2 Å². The van der Waals surface area contributed by atoms with Gasteiger partial charge in [0.2, 0.25) is 5.91 Å². The summed E-state index contributed by atoms with van der Waals surface area (Å²) < 4.78 is 11.6. The van der Waals surface area contributed by atoms with Gasteiger partial charge < -0.3 is 19.4 Å². The quantitative estimate of drug-likeness (QED) is 0.600. The average molecular weight is 415 g/mol. The number of fused-ring (bicyclic) bond motifs is 1. The number of carbonyl (C=O) groups excluding carboxylic acids is 2. The normalized spacial score (nSPS) is 10.6. The molecule has 1 heterocycles. The van der Waals surface area contributed by atoms with Crippen molar-refractivity contribution < 1.29 is 19.1 Å². The van der Waals surface area contributed by atoms with E-state index in [1.165, 1.54) is 10.8 Å². The predicted octanol–water partition coefficient (Wildman–Crippen LogP) is 3.24. The monoisotopic (exact) mass is 414 g/mol. The fourth-order valence-electron chi connectivity index (χ4n) is 2.80. The molecule has 1 N–H and O–H groups in total. The summed E-state index contributed by atoms with van der Waals surface area (Å²) in [5.74, 6) is -0.456. The van der Waals surface area contributed by atoms with Gasteiger partial charge in [0.15, 0.2) is 6.61 Å². The summed E-state index contributed by atoms with van der Waals surface area (Å²) in [6.45, 7) is 1.56. The maximum absolute atomic E-state index is 12.8. The van der Waals surface area contributed by atoms with Crippen LogP contribution in [0.15, 0.2) is 59.5 Å². The Balaban J connectivity index is 1.78. The van der Waals surface area contributed by atoms with Crippen LogP contribution in [0.4, 0.5) is 5.69 Å². The van der Waals surface area contributed by atoms with Crippen molar-refractivity contribution in [1.82, 2.24) is 4.57 Å². The molecule has 3 aromatic rings. The summed E-state index contributed by atoms with van der Waals surface area (Å²) in [4.78, 5) is 36.6. The van der Waals surface area contributed by atoms with E-state index in [0.717, 1.165) is 0 Å². The molecule has 1 amide bonds. The third-order valence-corrected chi connectivity index (χ3v) is 4.29. The Bertz CT molecular complexity index is 1110. The Kier molecular flexibility index (Phi) is 6.51.